The van der Waals surface area contributed by atoms with E-state index in [-0.39, 0.29) is 19.2 Å². The van der Waals surface area contributed by atoms with Crippen molar-refractivity contribution in [2.24, 2.45) is 0 Å². The van der Waals surface area contributed by atoms with Crippen molar-refractivity contribution in [3.8, 4) is 0 Å². The van der Waals surface area contributed by atoms with Gasteiger partial charge in [0, 0.05) is 32.1 Å². The van der Waals surface area contributed by atoms with Gasteiger partial charge in [0.25, 0.3) is 0 Å². The van der Waals surface area contributed by atoms with Crippen LogP contribution in [0.25, 0.3) is 10.9 Å². The first-order chi connectivity index (χ1) is 10.1. The molecule has 2 amide bonds. The van der Waals surface area contributed by atoms with Crippen molar-refractivity contribution in [2.45, 2.75) is 19.6 Å². The third kappa shape index (κ3) is 3.96. The van der Waals surface area contributed by atoms with Gasteiger partial charge < -0.3 is 25.0 Å². The van der Waals surface area contributed by atoms with E-state index in [2.05, 4.69) is 22.1 Å². The van der Waals surface area contributed by atoms with E-state index in [0.717, 1.165) is 23.1 Å². The van der Waals surface area contributed by atoms with Gasteiger partial charge in [0.2, 0.25) is 0 Å². The maximum atomic E-state index is 11.8. The number of nitrogens with one attached hydrogen (secondary N) is 2. The van der Waals surface area contributed by atoms with Gasteiger partial charge in [-0.15, -0.1) is 0 Å². The lowest BCUT2D eigenvalue weighted by Crippen LogP contribution is -2.36. The van der Waals surface area contributed by atoms with Crippen molar-refractivity contribution in [3.63, 3.8) is 0 Å². The molecule has 1 heterocycles. The van der Waals surface area contributed by atoms with Crippen LogP contribution in [0.15, 0.2) is 30.5 Å². The van der Waals surface area contributed by atoms with Gasteiger partial charge in [-0.25, -0.2) is 4.79 Å². The monoisotopic (exact) mass is 291 g/mol. The fourth-order valence-corrected chi connectivity index (χ4v) is 2.17. The molecule has 0 radical (unpaired) electrons. The predicted molar refractivity (Wildman–Crippen MR) is 82.5 cm³/mol. The molecule has 21 heavy (non-hydrogen) atoms. The fourth-order valence-electron chi connectivity index (χ4n) is 2.17. The van der Waals surface area contributed by atoms with Crippen molar-refractivity contribution in [1.29, 1.82) is 0 Å². The lowest BCUT2D eigenvalue weighted by molar-refractivity contribution is 0.0663. The third-order valence-electron chi connectivity index (χ3n) is 3.23. The molecular weight excluding hydrogens is 270 g/mol. The minimum absolute atomic E-state index is 0.146. The summed E-state index contributed by atoms with van der Waals surface area (Å²) in [5.74, 6) is 0. The summed E-state index contributed by atoms with van der Waals surface area (Å²) >= 11 is 0. The summed E-state index contributed by atoms with van der Waals surface area (Å²) in [5.41, 5.74) is 1.80. The van der Waals surface area contributed by atoms with Crippen molar-refractivity contribution in [3.05, 3.63) is 30.5 Å². The van der Waals surface area contributed by atoms with Crippen LogP contribution < -0.4 is 10.6 Å². The highest BCUT2D eigenvalue weighted by atomic mass is 16.5. The predicted octanol–water partition coefficient (Wildman–Crippen LogP) is 1.79. The summed E-state index contributed by atoms with van der Waals surface area (Å²) < 4.78 is 6.91. The van der Waals surface area contributed by atoms with E-state index >= 15 is 0 Å². The van der Waals surface area contributed by atoms with Crippen LogP contribution in [0.3, 0.4) is 0 Å². The summed E-state index contributed by atoms with van der Waals surface area (Å²) in [5, 5.41) is 16.0. The second kappa shape index (κ2) is 7.10. The second-order valence-corrected chi connectivity index (χ2v) is 4.82. The second-order valence-electron chi connectivity index (χ2n) is 4.82. The van der Waals surface area contributed by atoms with Crippen LogP contribution in [0.2, 0.25) is 0 Å². The van der Waals surface area contributed by atoms with Gasteiger partial charge in [-0.05, 0) is 30.5 Å². The lowest BCUT2D eigenvalue weighted by atomic mass is 10.2. The number of rotatable bonds is 6. The number of aliphatic hydroxyl groups is 1. The molecule has 0 spiro atoms. The number of amides is 2. The van der Waals surface area contributed by atoms with Crippen LogP contribution in [-0.2, 0) is 11.3 Å². The first-order valence-corrected chi connectivity index (χ1v) is 6.94. The maximum absolute atomic E-state index is 11.8. The highest BCUT2D eigenvalue weighted by Gasteiger charge is 2.07. The third-order valence-corrected chi connectivity index (χ3v) is 3.23. The molecule has 1 aromatic carbocycles. The summed E-state index contributed by atoms with van der Waals surface area (Å²) in [6.07, 6.45) is 1.32. The number of urea groups is 1. The molecule has 1 unspecified atom stereocenters. The topological polar surface area (TPSA) is 75.5 Å². The number of ether oxygens (including phenoxy) is 1. The molecule has 0 aliphatic carbocycles. The van der Waals surface area contributed by atoms with Crippen molar-refractivity contribution in [2.75, 3.05) is 25.6 Å². The number of anilines is 1. The molecule has 6 nitrogen and oxygen atoms in total. The van der Waals surface area contributed by atoms with E-state index in [1.165, 1.54) is 7.11 Å². The number of carbonyl (C=O) groups excluding carboxylic acids is 1. The van der Waals surface area contributed by atoms with E-state index in [1.54, 1.807) is 0 Å². The number of aryl methyl sites for hydroxylation is 1. The molecule has 6 heteroatoms. The normalized spacial score (nSPS) is 12.3. The Kier molecular flexibility index (Phi) is 5.19. The Morgan fingerprint density at radius 1 is 1.43 bits per heavy atom. The van der Waals surface area contributed by atoms with E-state index in [1.807, 2.05) is 30.5 Å². The SMILES string of the molecule is CCn1ccc2ccc(NC(=O)NCC(O)COC)cc21. The fraction of sp³-hybridized carbons (Fsp3) is 0.400. The molecule has 0 aliphatic heterocycles. The van der Waals surface area contributed by atoms with Crippen molar-refractivity contribution < 1.29 is 14.6 Å². The Labute approximate surface area is 123 Å². The summed E-state index contributed by atoms with van der Waals surface area (Å²) in [4.78, 5) is 11.8. The molecular formula is C15H21N3O3. The molecule has 1 aromatic heterocycles. The standard InChI is InChI=1S/C15H21N3O3/c1-3-18-7-6-11-4-5-12(8-14(11)18)17-15(20)16-9-13(19)10-21-2/h4-8,13,19H,3,9-10H2,1-2H3,(H2,16,17,20). The number of hydrogen-bond donors (Lipinski definition) is 3. The number of fused-ring (bicyclic) bond motifs is 1. The largest absolute Gasteiger partial charge is 0.389 e. The number of aromatic nitrogens is 1. The molecule has 2 aromatic rings. The Balaban J connectivity index is 1.97. The number of benzene rings is 1. The maximum Gasteiger partial charge on any atom is 0.319 e. The lowest BCUT2D eigenvalue weighted by Gasteiger charge is -2.12. The average Bonchev–Trinajstić information content (AvgIpc) is 2.88. The molecule has 0 saturated heterocycles. The van der Waals surface area contributed by atoms with Gasteiger partial charge in [0.05, 0.1) is 18.2 Å². The number of aliphatic hydroxyl groups excluding tert-OH is 1. The van der Waals surface area contributed by atoms with Gasteiger partial charge in [-0.1, -0.05) is 6.07 Å². The van der Waals surface area contributed by atoms with Crippen LogP contribution in [0.1, 0.15) is 6.92 Å². The number of nitrogens with zero attached hydrogens (tertiary/aromatic N) is 1. The molecule has 114 valence electrons. The Bertz CT molecular complexity index is 609. The first-order valence-electron chi connectivity index (χ1n) is 6.94. The smallest absolute Gasteiger partial charge is 0.319 e. The van der Waals surface area contributed by atoms with Crippen LogP contribution in [0.4, 0.5) is 10.5 Å². The van der Waals surface area contributed by atoms with Gasteiger partial charge in [-0.3, -0.25) is 0 Å². The molecule has 2 rings (SSSR count). The van der Waals surface area contributed by atoms with E-state index in [4.69, 9.17) is 4.74 Å². The summed E-state index contributed by atoms with van der Waals surface area (Å²) in [7, 11) is 1.50. The van der Waals surface area contributed by atoms with E-state index in [9.17, 15) is 9.90 Å². The van der Waals surface area contributed by atoms with Crippen LogP contribution in [-0.4, -0.2) is 42.1 Å². The highest BCUT2D eigenvalue weighted by Crippen LogP contribution is 2.20. The first kappa shape index (κ1) is 15.3. The van der Waals surface area contributed by atoms with E-state index in [0.29, 0.717) is 0 Å². The number of carbonyl (C=O) groups is 1. The van der Waals surface area contributed by atoms with Crippen LogP contribution >= 0.6 is 0 Å². The molecule has 0 fully saturated rings. The quantitative estimate of drug-likeness (QED) is 0.759. The zero-order valence-corrected chi connectivity index (χ0v) is 12.3. The van der Waals surface area contributed by atoms with Crippen LogP contribution in [0, 0.1) is 0 Å². The van der Waals surface area contributed by atoms with Gasteiger partial charge >= 0.3 is 6.03 Å². The van der Waals surface area contributed by atoms with Crippen molar-refractivity contribution >= 4 is 22.6 Å². The van der Waals surface area contributed by atoms with Gasteiger partial charge in [0.1, 0.15) is 0 Å². The van der Waals surface area contributed by atoms with Crippen LogP contribution in [0.5, 0.6) is 0 Å². The van der Waals surface area contributed by atoms with Crippen molar-refractivity contribution in [1.82, 2.24) is 9.88 Å². The van der Waals surface area contributed by atoms with Gasteiger partial charge in [-0.2, -0.15) is 0 Å². The highest BCUT2D eigenvalue weighted by molar-refractivity contribution is 5.92. The Hall–Kier alpha value is -2.05. The van der Waals surface area contributed by atoms with E-state index < -0.39 is 6.10 Å². The minimum Gasteiger partial charge on any atom is -0.389 e. The zero-order valence-electron chi connectivity index (χ0n) is 12.3. The molecule has 0 bridgehead atoms. The number of hydrogen-bond acceptors (Lipinski definition) is 3. The summed E-state index contributed by atoms with van der Waals surface area (Å²) in [6, 6.07) is 7.46. The zero-order chi connectivity index (χ0) is 15.2. The summed E-state index contributed by atoms with van der Waals surface area (Å²) in [6.45, 7) is 3.29. The Morgan fingerprint density at radius 3 is 2.95 bits per heavy atom. The number of methoxy groups -OCH3 is 1. The average molecular weight is 291 g/mol. The Morgan fingerprint density at radius 2 is 2.24 bits per heavy atom. The molecule has 3 N–H and O–H groups in total. The minimum atomic E-state index is -0.708. The molecule has 1 atom stereocenters. The molecule has 0 aliphatic rings. The van der Waals surface area contributed by atoms with Gasteiger partial charge in [0.15, 0.2) is 0 Å². The molecule has 0 saturated carbocycles.